The van der Waals surface area contributed by atoms with Crippen molar-refractivity contribution in [2.45, 2.75) is 148 Å². The van der Waals surface area contributed by atoms with E-state index in [2.05, 4.69) is 118 Å². The van der Waals surface area contributed by atoms with E-state index in [4.69, 9.17) is 11.5 Å². The third-order valence-corrected chi connectivity index (χ3v) is 12.1. The largest absolute Gasteiger partial charge is 0.399 e. The molecule has 1 fully saturated rings. The molecule has 0 spiro atoms. The van der Waals surface area contributed by atoms with Crippen LogP contribution >= 0.6 is 0 Å². The molecular weight excluding hydrogens is 617 g/mol. The molecule has 5 rings (SSSR count). The molecule has 51 heavy (non-hydrogen) atoms. The van der Waals surface area contributed by atoms with Crippen LogP contribution in [0.5, 0.6) is 0 Å². The summed E-state index contributed by atoms with van der Waals surface area (Å²) in [6, 6.07) is 36.6. The van der Waals surface area contributed by atoms with Crippen molar-refractivity contribution in [1.82, 2.24) is 0 Å². The second-order valence-corrected chi connectivity index (χ2v) is 15.8. The number of hydrogen-bond acceptors (Lipinski definition) is 2. The predicted octanol–water partition coefficient (Wildman–Crippen LogP) is 14.2. The summed E-state index contributed by atoms with van der Waals surface area (Å²) >= 11 is 0. The van der Waals surface area contributed by atoms with Crippen molar-refractivity contribution < 1.29 is 0 Å². The molecule has 0 bridgehead atoms. The van der Waals surface area contributed by atoms with Gasteiger partial charge in [0.2, 0.25) is 0 Å². The Hall–Kier alpha value is -3.52. The summed E-state index contributed by atoms with van der Waals surface area (Å²) in [5.41, 5.74) is 22.3. The first-order chi connectivity index (χ1) is 25.0. The van der Waals surface area contributed by atoms with Crippen molar-refractivity contribution in [2.24, 2.45) is 11.8 Å². The van der Waals surface area contributed by atoms with E-state index in [0.717, 1.165) is 48.9 Å². The van der Waals surface area contributed by atoms with Gasteiger partial charge in [0.15, 0.2) is 0 Å². The van der Waals surface area contributed by atoms with E-state index >= 15 is 0 Å². The molecule has 1 aliphatic rings. The number of unbranched alkanes of at least 4 members (excludes halogenated alkanes) is 4. The van der Waals surface area contributed by atoms with Gasteiger partial charge < -0.3 is 11.5 Å². The third kappa shape index (κ3) is 11.2. The van der Waals surface area contributed by atoms with Crippen molar-refractivity contribution in [3.63, 3.8) is 0 Å². The molecule has 3 atom stereocenters. The topological polar surface area (TPSA) is 52.0 Å². The Morgan fingerprint density at radius 3 is 1.18 bits per heavy atom. The molecule has 1 aliphatic carbocycles. The Morgan fingerprint density at radius 1 is 0.412 bits per heavy atom. The van der Waals surface area contributed by atoms with Gasteiger partial charge in [-0.05, 0) is 95.2 Å². The molecule has 4 aromatic rings. The van der Waals surface area contributed by atoms with Crippen LogP contribution in [0.3, 0.4) is 0 Å². The predicted molar refractivity (Wildman–Crippen MR) is 223 cm³/mol. The van der Waals surface area contributed by atoms with Crippen LogP contribution in [0.4, 0.5) is 11.4 Å². The average Bonchev–Trinajstić information content (AvgIpc) is 3.17. The molecule has 4 aromatic carbocycles. The van der Waals surface area contributed by atoms with E-state index in [-0.39, 0.29) is 0 Å². The number of nitrogens with two attached hydrogens (primary N) is 2. The van der Waals surface area contributed by atoms with Gasteiger partial charge in [-0.1, -0.05) is 177 Å². The lowest BCUT2D eigenvalue weighted by Gasteiger charge is -2.32. The number of benzene rings is 4. The standard InChI is InChI=1S/C49H68N2/c1-4-7-8-9-11-18-38(37-16-12-10-13-17-37)31-36-49(41-23-19-39(20-24-41)47(14-5-2)43-27-32-45(50)33-28-43)42-25-21-40(22-26-42)48(15-6-3)44-29-34-46(51)35-30-44/h19-30,32-35,37-38,47-49H,4-18,31,36,50-51H2,1-3H3. The number of rotatable bonds is 20. The maximum Gasteiger partial charge on any atom is 0.0314 e. The van der Waals surface area contributed by atoms with Gasteiger partial charge in [-0.25, -0.2) is 0 Å². The van der Waals surface area contributed by atoms with Gasteiger partial charge in [0, 0.05) is 29.1 Å². The summed E-state index contributed by atoms with van der Waals surface area (Å²) in [6.07, 6.45) is 22.7. The zero-order chi connectivity index (χ0) is 35.8. The molecule has 3 unspecified atom stereocenters. The van der Waals surface area contributed by atoms with Gasteiger partial charge in [-0.15, -0.1) is 0 Å². The van der Waals surface area contributed by atoms with Crippen LogP contribution in [-0.4, -0.2) is 0 Å². The summed E-state index contributed by atoms with van der Waals surface area (Å²) in [4.78, 5) is 0. The lowest BCUT2D eigenvalue weighted by molar-refractivity contribution is 0.214. The highest BCUT2D eigenvalue weighted by atomic mass is 14.5. The van der Waals surface area contributed by atoms with Crippen LogP contribution in [0.15, 0.2) is 97.1 Å². The van der Waals surface area contributed by atoms with Crippen LogP contribution < -0.4 is 11.5 Å². The van der Waals surface area contributed by atoms with Gasteiger partial charge in [0.1, 0.15) is 0 Å². The molecule has 2 nitrogen and oxygen atoms in total. The third-order valence-electron chi connectivity index (χ3n) is 12.1. The summed E-state index contributed by atoms with van der Waals surface area (Å²) in [7, 11) is 0. The highest BCUT2D eigenvalue weighted by Gasteiger charge is 2.26. The number of nitrogen functional groups attached to an aromatic ring is 2. The molecule has 0 radical (unpaired) electrons. The molecule has 2 heteroatoms. The highest BCUT2D eigenvalue weighted by molar-refractivity contribution is 5.45. The van der Waals surface area contributed by atoms with E-state index in [1.165, 1.54) is 117 Å². The maximum absolute atomic E-state index is 6.06. The Bertz CT molecular complexity index is 1410. The minimum Gasteiger partial charge on any atom is -0.399 e. The van der Waals surface area contributed by atoms with Crippen LogP contribution in [0.2, 0.25) is 0 Å². The molecule has 0 aliphatic heterocycles. The maximum atomic E-state index is 6.06. The second-order valence-electron chi connectivity index (χ2n) is 15.8. The van der Waals surface area contributed by atoms with E-state index < -0.39 is 0 Å². The number of anilines is 2. The zero-order valence-corrected chi connectivity index (χ0v) is 32.3. The first-order valence-electron chi connectivity index (χ1n) is 20.9. The van der Waals surface area contributed by atoms with Gasteiger partial charge in [0.05, 0.1) is 0 Å². The molecule has 0 amide bonds. The van der Waals surface area contributed by atoms with Gasteiger partial charge in [0.25, 0.3) is 0 Å². The fourth-order valence-electron chi connectivity index (χ4n) is 9.14. The van der Waals surface area contributed by atoms with E-state index in [0.29, 0.717) is 17.8 Å². The smallest absolute Gasteiger partial charge is 0.0314 e. The number of hydrogen-bond donors (Lipinski definition) is 2. The van der Waals surface area contributed by atoms with Crippen LogP contribution in [0.1, 0.15) is 181 Å². The normalized spacial score (nSPS) is 16.1. The first kappa shape index (κ1) is 38.7. The summed E-state index contributed by atoms with van der Waals surface area (Å²) in [5, 5.41) is 0. The SMILES string of the molecule is CCCCCCCC(CCC(c1ccc(C(CCC)c2ccc(N)cc2)cc1)c1ccc(C(CCC)c2ccc(N)cc2)cc1)C1CCCCC1. The molecule has 0 saturated heterocycles. The molecule has 4 N–H and O–H groups in total. The highest BCUT2D eigenvalue weighted by Crippen LogP contribution is 2.40. The minimum absolute atomic E-state index is 0.398. The molecular formula is C49H68N2. The fourth-order valence-corrected chi connectivity index (χ4v) is 9.14. The summed E-state index contributed by atoms with van der Waals surface area (Å²) in [6.45, 7) is 6.92. The minimum atomic E-state index is 0.398. The molecule has 1 saturated carbocycles. The van der Waals surface area contributed by atoms with Crippen molar-refractivity contribution >= 4 is 11.4 Å². The van der Waals surface area contributed by atoms with E-state index in [1.807, 2.05) is 0 Å². The van der Waals surface area contributed by atoms with Gasteiger partial charge in [-0.3, -0.25) is 0 Å². The quantitative estimate of drug-likeness (QED) is 0.0719. The van der Waals surface area contributed by atoms with Crippen LogP contribution in [0, 0.1) is 11.8 Å². The second kappa shape index (κ2) is 20.5. The molecule has 274 valence electrons. The van der Waals surface area contributed by atoms with Gasteiger partial charge >= 0.3 is 0 Å². The molecule has 0 heterocycles. The van der Waals surface area contributed by atoms with Crippen molar-refractivity contribution in [1.29, 1.82) is 0 Å². The monoisotopic (exact) mass is 685 g/mol. The molecule has 0 aromatic heterocycles. The first-order valence-corrected chi connectivity index (χ1v) is 20.9. The Balaban J connectivity index is 1.42. The van der Waals surface area contributed by atoms with Crippen LogP contribution in [-0.2, 0) is 0 Å². The fraction of sp³-hybridized carbons (Fsp3) is 0.510. The van der Waals surface area contributed by atoms with Crippen molar-refractivity contribution in [3.8, 4) is 0 Å². The van der Waals surface area contributed by atoms with Gasteiger partial charge in [-0.2, -0.15) is 0 Å². The Morgan fingerprint density at radius 2 is 0.784 bits per heavy atom. The van der Waals surface area contributed by atoms with E-state index in [9.17, 15) is 0 Å². The summed E-state index contributed by atoms with van der Waals surface area (Å²) in [5.74, 6) is 2.97. The lowest BCUT2D eigenvalue weighted by atomic mass is 9.73. The average molecular weight is 685 g/mol. The summed E-state index contributed by atoms with van der Waals surface area (Å²) < 4.78 is 0. The Kier molecular flexibility index (Phi) is 15.6. The van der Waals surface area contributed by atoms with E-state index in [1.54, 1.807) is 0 Å². The zero-order valence-electron chi connectivity index (χ0n) is 32.3. The van der Waals surface area contributed by atoms with Crippen LogP contribution in [0.25, 0.3) is 0 Å². The Labute approximate surface area is 311 Å². The van der Waals surface area contributed by atoms with Crippen molar-refractivity contribution in [3.05, 3.63) is 130 Å². The lowest BCUT2D eigenvalue weighted by Crippen LogP contribution is -2.19. The van der Waals surface area contributed by atoms with Crippen molar-refractivity contribution in [2.75, 3.05) is 11.5 Å².